The number of rotatable bonds is 3. The number of fused-ring (bicyclic) bond motifs is 1. The van der Waals surface area contributed by atoms with Crippen LogP contribution in [0.5, 0.6) is 5.75 Å². The van der Waals surface area contributed by atoms with Crippen molar-refractivity contribution in [2.45, 2.75) is 39.0 Å². The molecule has 1 aliphatic carbocycles. The Kier molecular flexibility index (Phi) is 5.23. The van der Waals surface area contributed by atoms with Gasteiger partial charge in [0.2, 0.25) is 5.43 Å². The number of hydrogen-bond donors (Lipinski definition) is 0. The minimum atomic E-state index is -0.198. The van der Waals surface area contributed by atoms with Gasteiger partial charge in [0.25, 0.3) is 0 Å². The summed E-state index contributed by atoms with van der Waals surface area (Å²) in [5.74, 6) is 0.682. The number of aryl methyl sites for hydroxylation is 1. The molecule has 4 nitrogen and oxygen atoms in total. The number of carbonyl (C=O) groups is 1. The summed E-state index contributed by atoms with van der Waals surface area (Å²) < 4.78 is 11.5. The van der Waals surface area contributed by atoms with Crippen molar-refractivity contribution in [2.24, 2.45) is 5.92 Å². The number of esters is 1. The second-order valence-electron chi connectivity index (χ2n) is 7.28. The van der Waals surface area contributed by atoms with Crippen LogP contribution in [0.25, 0.3) is 22.1 Å². The van der Waals surface area contributed by atoms with Gasteiger partial charge in [0.15, 0.2) is 0 Å². The molecule has 1 heterocycles. The van der Waals surface area contributed by atoms with Gasteiger partial charge in [-0.05, 0) is 49.6 Å². The lowest BCUT2D eigenvalue weighted by atomic mass is 9.89. The van der Waals surface area contributed by atoms with Gasteiger partial charge >= 0.3 is 5.97 Å². The molecule has 0 N–H and O–H groups in total. The smallest absolute Gasteiger partial charge is 0.314 e. The van der Waals surface area contributed by atoms with E-state index in [0.29, 0.717) is 33.1 Å². The van der Waals surface area contributed by atoms with E-state index in [1.165, 1.54) is 6.42 Å². The Morgan fingerprint density at radius 1 is 1.07 bits per heavy atom. The maximum atomic E-state index is 13.0. The Hall–Kier alpha value is -2.59. The monoisotopic (exact) mass is 396 g/mol. The Bertz CT molecular complexity index is 1080. The lowest BCUT2D eigenvalue weighted by molar-refractivity contribution is -0.139. The highest BCUT2D eigenvalue weighted by molar-refractivity contribution is 6.30. The van der Waals surface area contributed by atoms with Crippen molar-refractivity contribution in [3.05, 3.63) is 63.5 Å². The fourth-order valence-electron chi connectivity index (χ4n) is 3.84. The first-order valence-electron chi connectivity index (χ1n) is 9.58. The lowest BCUT2D eigenvalue weighted by Gasteiger charge is -2.19. The molecule has 144 valence electrons. The maximum Gasteiger partial charge on any atom is 0.314 e. The molecule has 0 amide bonds. The van der Waals surface area contributed by atoms with Crippen molar-refractivity contribution >= 4 is 28.5 Å². The van der Waals surface area contributed by atoms with Crippen LogP contribution >= 0.6 is 11.6 Å². The molecule has 3 aromatic rings. The van der Waals surface area contributed by atoms with E-state index in [1.54, 1.807) is 49.4 Å². The topological polar surface area (TPSA) is 56.5 Å². The molecular formula is C23H21ClO4. The minimum absolute atomic E-state index is 0.0366. The molecule has 0 aliphatic heterocycles. The summed E-state index contributed by atoms with van der Waals surface area (Å²) >= 11 is 5.95. The molecule has 1 saturated carbocycles. The minimum Gasteiger partial charge on any atom is -0.460 e. The SMILES string of the molecule is Cc1oc2cc(OC(=O)C3CCCCC3)ccc2c(=O)c1-c1ccc(Cl)cc1. The molecule has 0 radical (unpaired) electrons. The van der Waals surface area contributed by atoms with E-state index >= 15 is 0 Å². The molecule has 0 atom stereocenters. The summed E-state index contributed by atoms with van der Waals surface area (Å²) in [4.78, 5) is 25.4. The maximum absolute atomic E-state index is 13.0. The molecule has 1 aromatic heterocycles. The Labute approximate surface area is 168 Å². The van der Waals surface area contributed by atoms with Gasteiger partial charge in [0, 0.05) is 11.1 Å². The van der Waals surface area contributed by atoms with Gasteiger partial charge < -0.3 is 9.15 Å². The summed E-state index contributed by atoms with van der Waals surface area (Å²) in [5.41, 5.74) is 1.56. The largest absolute Gasteiger partial charge is 0.460 e. The fraction of sp³-hybridized carbons (Fsp3) is 0.304. The van der Waals surface area contributed by atoms with Crippen LogP contribution in [0.2, 0.25) is 5.02 Å². The normalized spacial score (nSPS) is 14.9. The predicted molar refractivity (Wildman–Crippen MR) is 110 cm³/mol. The summed E-state index contributed by atoms with van der Waals surface area (Å²) in [6, 6.07) is 12.0. The second-order valence-corrected chi connectivity index (χ2v) is 7.72. The van der Waals surface area contributed by atoms with E-state index in [0.717, 1.165) is 31.2 Å². The Morgan fingerprint density at radius 3 is 2.50 bits per heavy atom. The number of carbonyl (C=O) groups excluding carboxylic acids is 1. The summed E-state index contributed by atoms with van der Waals surface area (Å²) in [7, 11) is 0. The fourth-order valence-corrected chi connectivity index (χ4v) is 3.96. The summed E-state index contributed by atoms with van der Waals surface area (Å²) in [5, 5.41) is 1.06. The Morgan fingerprint density at radius 2 is 1.79 bits per heavy atom. The van der Waals surface area contributed by atoms with Crippen LogP contribution in [0.4, 0.5) is 0 Å². The quantitative estimate of drug-likeness (QED) is 0.408. The number of hydrogen-bond acceptors (Lipinski definition) is 4. The van der Waals surface area contributed by atoms with Crippen LogP contribution in [0.3, 0.4) is 0 Å². The highest BCUT2D eigenvalue weighted by Gasteiger charge is 2.23. The Balaban J connectivity index is 1.67. The first-order chi connectivity index (χ1) is 13.5. The van der Waals surface area contributed by atoms with Crippen molar-refractivity contribution in [1.29, 1.82) is 0 Å². The first kappa shape index (κ1) is 18.8. The number of halogens is 1. The van der Waals surface area contributed by atoms with Crippen LogP contribution in [-0.2, 0) is 4.79 Å². The lowest BCUT2D eigenvalue weighted by Crippen LogP contribution is -2.22. The van der Waals surface area contributed by atoms with Gasteiger partial charge in [-0.1, -0.05) is 43.0 Å². The van der Waals surface area contributed by atoms with E-state index in [2.05, 4.69) is 0 Å². The number of benzene rings is 2. The molecule has 0 spiro atoms. The van der Waals surface area contributed by atoms with Crippen LogP contribution in [0.1, 0.15) is 37.9 Å². The van der Waals surface area contributed by atoms with Crippen molar-refractivity contribution < 1.29 is 13.9 Å². The van der Waals surface area contributed by atoms with Crippen molar-refractivity contribution in [1.82, 2.24) is 0 Å². The van der Waals surface area contributed by atoms with Crippen LogP contribution in [-0.4, -0.2) is 5.97 Å². The van der Waals surface area contributed by atoms with Crippen LogP contribution < -0.4 is 10.2 Å². The molecular weight excluding hydrogens is 376 g/mol. The van der Waals surface area contributed by atoms with Crippen molar-refractivity contribution in [3.63, 3.8) is 0 Å². The van der Waals surface area contributed by atoms with E-state index in [1.807, 2.05) is 0 Å². The van der Waals surface area contributed by atoms with Gasteiger partial charge in [0.1, 0.15) is 17.1 Å². The third-order valence-corrected chi connectivity index (χ3v) is 5.58. The molecule has 0 saturated heterocycles. The van der Waals surface area contributed by atoms with Gasteiger partial charge in [-0.15, -0.1) is 0 Å². The van der Waals surface area contributed by atoms with Crippen molar-refractivity contribution in [3.8, 4) is 16.9 Å². The highest BCUT2D eigenvalue weighted by Crippen LogP contribution is 2.29. The average Bonchev–Trinajstić information content (AvgIpc) is 2.70. The summed E-state index contributed by atoms with van der Waals surface area (Å²) in [6.07, 6.45) is 5.08. The van der Waals surface area contributed by atoms with Gasteiger partial charge in [-0.2, -0.15) is 0 Å². The summed E-state index contributed by atoms with van der Waals surface area (Å²) in [6.45, 7) is 1.76. The molecule has 1 aliphatic rings. The average molecular weight is 397 g/mol. The number of ether oxygens (including phenoxy) is 1. The molecule has 4 rings (SSSR count). The molecule has 2 aromatic carbocycles. The zero-order chi connectivity index (χ0) is 19.7. The second kappa shape index (κ2) is 7.80. The van der Waals surface area contributed by atoms with E-state index < -0.39 is 0 Å². The van der Waals surface area contributed by atoms with Gasteiger partial charge in [-0.25, -0.2) is 0 Å². The molecule has 0 bridgehead atoms. The molecule has 0 unspecified atom stereocenters. The standard InChI is InChI=1S/C23H21ClO4/c1-14-21(15-7-9-17(24)10-8-15)22(25)19-12-11-18(13-20(19)27-14)28-23(26)16-5-3-2-4-6-16/h7-13,16H,2-6H2,1H3. The van der Waals surface area contributed by atoms with Gasteiger partial charge in [-0.3, -0.25) is 9.59 Å². The first-order valence-corrected chi connectivity index (χ1v) is 9.96. The third-order valence-electron chi connectivity index (χ3n) is 5.33. The molecule has 28 heavy (non-hydrogen) atoms. The van der Waals surface area contributed by atoms with Gasteiger partial charge in [0.05, 0.1) is 16.9 Å². The third kappa shape index (κ3) is 3.69. The van der Waals surface area contributed by atoms with Crippen LogP contribution in [0.15, 0.2) is 51.7 Å². The van der Waals surface area contributed by atoms with E-state index in [9.17, 15) is 9.59 Å². The molecule has 1 fully saturated rings. The zero-order valence-electron chi connectivity index (χ0n) is 15.7. The van der Waals surface area contributed by atoms with E-state index in [-0.39, 0.29) is 17.3 Å². The molecule has 5 heteroatoms. The van der Waals surface area contributed by atoms with Crippen molar-refractivity contribution in [2.75, 3.05) is 0 Å². The highest BCUT2D eigenvalue weighted by atomic mass is 35.5. The van der Waals surface area contributed by atoms with Crippen LogP contribution in [0, 0.1) is 12.8 Å². The predicted octanol–water partition coefficient (Wildman–Crippen LogP) is 5.91. The van der Waals surface area contributed by atoms with E-state index in [4.69, 9.17) is 20.8 Å². The zero-order valence-corrected chi connectivity index (χ0v) is 16.4.